The number of amides is 1. The average Bonchev–Trinajstić information content (AvgIpc) is 2.70. The Balaban J connectivity index is 1.46. The maximum Gasteiger partial charge on any atom is 0.277 e. The van der Waals surface area contributed by atoms with Crippen molar-refractivity contribution in [1.29, 1.82) is 0 Å². The van der Waals surface area contributed by atoms with Crippen molar-refractivity contribution in [2.45, 2.75) is 33.1 Å². The Morgan fingerprint density at radius 2 is 1.85 bits per heavy atom. The first-order valence-corrected chi connectivity index (χ1v) is 9.49. The summed E-state index contributed by atoms with van der Waals surface area (Å²) in [5.74, 6) is 0.444. The Kier molecular flexibility index (Phi) is 6.47. The van der Waals surface area contributed by atoms with Gasteiger partial charge in [0.15, 0.2) is 6.61 Å². The van der Waals surface area contributed by atoms with Crippen LogP contribution < -0.4 is 15.1 Å². The van der Waals surface area contributed by atoms with Gasteiger partial charge in [-0.15, -0.1) is 0 Å². The van der Waals surface area contributed by atoms with Crippen LogP contribution in [0, 0.1) is 13.8 Å². The van der Waals surface area contributed by atoms with Crippen LogP contribution >= 0.6 is 0 Å². The SMILES string of the molecule is Cc1ccc(C)c(OCC(=O)N/N=C\c2ccc(N3CCCCC3)cc2)c1. The molecule has 1 aliphatic heterocycles. The van der Waals surface area contributed by atoms with Crippen molar-refractivity contribution in [3.05, 3.63) is 59.2 Å². The maximum atomic E-state index is 11.9. The van der Waals surface area contributed by atoms with Gasteiger partial charge in [0.05, 0.1) is 6.21 Å². The largest absolute Gasteiger partial charge is 0.483 e. The molecule has 1 saturated heterocycles. The minimum atomic E-state index is -0.280. The van der Waals surface area contributed by atoms with Crippen LogP contribution in [0.2, 0.25) is 0 Å². The third kappa shape index (κ3) is 5.58. The molecule has 1 N–H and O–H groups in total. The van der Waals surface area contributed by atoms with Crippen LogP contribution in [-0.2, 0) is 4.79 Å². The number of rotatable bonds is 6. The number of hydrogen-bond donors (Lipinski definition) is 1. The van der Waals surface area contributed by atoms with Gasteiger partial charge in [-0.25, -0.2) is 5.43 Å². The number of hydrogen-bond acceptors (Lipinski definition) is 4. The van der Waals surface area contributed by atoms with Crippen LogP contribution in [0.15, 0.2) is 47.6 Å². The van der Waals surface area contributed by atoms with Crippen molar-refractivity contribution in [3.63, 3.8) is 0 Å². The van der Waals surface area contributed by atoms with E-state index < -0.39 is 0 Å². The zero-order valence-electron chi connectivity index (χ0n) is 16.1. The third-order valence-corrected chi connectivity index (χ3v) is 4.72. The van der Waals surface area contributed by atoms with Crippen molar-refractivity contribution < 1.29 is 9.53 Å². The normalized spacial score (nSPS) is 14.4. The zero-order valence-corrected chi connectivity index (χ0v) is 16.1. The van der Waals surface area contributed by atoms with Crippen LogP contribution in [-0.4, -0.2) is 31.8 Å². The molecule has 0 aromatic heterocycles. The molecule has 0 spiro atoms. The third-order valence-electron chi connectivity index (χ3n) is 4.72. The second-order valence-corrected chi connectivity index (χ2v) is 6.99. The molecule has 0 atom stereocenters. The summed E-state index contributed by atoms with van der Waals surface area (Å²) in [4.78, 5) is 14.3. The quantitative estimate of drug-likeness (QED) is 0.625. The molecule has 1 heterocycles. The van der Waals surface area contributed by atoms with Gasteiger partial charge in [0.25, 0.3) is 5.91 Å². The smallest absolute Gasteiger partial charge is 0.277 e. The topological polar surface area (TPSA) is 53.9 Å². The van der Waals surface area contributed by atoms with Crippen molar-refractivity contribution >= 4 is 17.8 Å². The lowest BCUT2D eigenvalue weighted by molar-refractivity contribution is -0.123. The number of aryl methyl sites for hydroxylation is 2. The van der Waals surface area contributed by atoms with Gasteiger partial charge >= 0.3 is 0 Å². The molecule has 27 heavy (non-hydrogen) atoms. The van der Waals surface area contributed by atoms with E-state index in [4.69, 9.17) is 4.74 Å². The average molecular weight is 365 g/mol. The van der Waals surface area contributed by atoms with Crippen LogP contribution in [0.5, 0.6) is 5.75 Å². The number of ether oxygens (including phenoxy) is 1. The van der Waals surface area contributed by atoms with E-state index in [1.165, 1.54) is 24.9 Å². The van der Waals surface area contributed by atoms with Crippen LogP contribution in [0.4, 0.5) is 5.69 Å². The first-order valence-electron chi connectivity index (χ1n) is 9.49. The van der Waals surface area contributed by atoms with Gasteiger partial charge < -0.3 is 9.64 Å². The van der Waals surface area contributed by atoms with Crippen LogP contribution in [0.3, 0.4) is 0 Å². The van der Waals surface area contributed by atoms with E-state index in [0.717, 1.165) is 35.5 Å². The molecule has 0 saturated carbocycles. The van der Waals surface area contributed by atoms with Crippen molar-refractivity contribution in [1.82, 2.24) is 5.43 Å². The van der Waals surface area contributed by atoms with Crippen molar-refractivity contribution in [3.8, 4) is 5.75 Å². The molecule has 1 fully saturated rings. The van der Waals surface area contributed by atoms with E-state index >= 15 is 0 Å². The first-order chi connectivity index (χ1) is 13.1. The molecule has 142 valence electrons. The van der Waals surface area contributed by atoms with Gasteiger partial charge in [0.2, 0.25) is 0 Å². The number of carbonyl (C=O) groups excluding carboxylic acids is 1. The fourth-order valence-corrected chi connectivity index (χ4v) is 3.14. The second-order valence-electron chi connectivity index (χ2n) is 6.99. The van der Waals surface area contributed by atoms with E-state index in [2.05, 4.69) is 27.6 Å². The fraction of sp³-hybridized carbons (Fsp3) is 0.364. The number of nitrogens with zero attached hydrogens (tertiary/aromatic N) is 2. The lowest BCUT2D eigenvalue weighted by Gasteiger charge is -2.28. The minimum absolute atomic E-state index is 0.0600. The second kappa shape index (κ2) is 9.21. The molecule has 1 amide bonds. The monoisotopic (exact) mass is 365 g/mol. The number of anilines is 1. The number of carbonyl (C=O) groups is 1. The molecular weight excluding hydrogens is 338 g/mol. The molecule has 0 unspecified atom stereocenters. The Hall–Kier alpha value is -2.82. The molecule has 5 heteroatoms. The fourth-order valence-electron chi connectivity index (χ4n) is 3.14. The summed E-state index contributed by atoms with van der Waals surface area (Å²) in [5.41, 5.74) is 6.81. The van der Waals surface area contributed by atoms with E-state index in [0.29, 0.717) is 0 Å². The summed E-state index contributed by atoms with van der Waals surface area (Å²) in [6, 6.07) is 14.2. The molecule has 0 aliphatic carbocycles. The summed E-state index contributed by atoms with van der Waals surface area (Å²) in [5, 5.41) is 4.02. The summed E-state index contributed by atoms with van der Waals surface area (Å²) in [6.07, 6.45) is 5.50. The molecule has 1 aliphatic rings. The van der Waals surface area contributed by atoms with Crippen molar-refractivity contribution in [2.75, 3.05) is 24.6 Å². The van der Waals surface area contributed by atoms with Gasteiger partial charge in [-0.2, -0.15) is 5.10 Å². The lowest BCUT2D eigenvalue weighted by atomic mass is 10.1. The van der Waals surface area contributed by atoms with Crippen LogP contribution in [0.25, 0.3) is 0 Å². The van der Waals surface area contributed by atoms with Gasteiger partial charge in [0, 0.05) is 18.8 Å². The molecule has 0 bridgehead atoms. The highest BCUT2D eigenvalue weighted by atomic mass is 16.5. The number of hydrazone groups is 1. The van der Waals surface area contributed by atoms with Gasteiger partial charge in [0.1, 0.15) is 5.75 Å². The summed E-state index contributed by atoms with van der Waals surface area (Å²) in [7, 11) is 0. The summed E-state index contributed by atoms with van der Waals surface area (Å²) in [6.45, 7) is 6.15. The van der Waals surface area contributed by atoms with E-state index in [1.54, 1.807) is 6.21 Å². The Labute approximate surface area is 161 Å². The van der Waals surface area contributed by atoms with Crippen molar-refractivity contribution in [2.24, 2.45) is 5.10 Å². The number of benzene rings is 2. The van der Waals surface area contributed by atoms with Crippen LogP contribution in [0.1, 0.15) is 36.0 Å². The highest BCUT2D eigenvalue weighted by Crippen LogP contribution is 2.20. The predicted octanol–water partition coefficient (Wildman–Crippen LogP) is 3.82. The molecular formula is C22H27N3O2. The molecule has 3 rings (SSSR count). The molecule has 0 radical (unpaired) electrons. The summed E-state index contributed by atoms with van der Waals surface area (Å²) >= 11 is 0. The lowest BCUT2D eigenvalue weighted by Crippen LogP contribution is -2.29. The standard InChI is InChI=1S/C22H27N3O2/c1-17-6-7-18(2)21(14-17)27-16-22(26)24-23-15-19-8-10-20(11-9-19)25-12-4-3-5-13-25/h6-11,14-15H,3-5,12-13,16H2,1-2H3,(H,24,26)/b23-15-. The number of piperidine rings is 1. The minimum Gasteiger partial charge on any atom is -0.483 e. The Bertz CT molecular complexity index is 794. The maximum absolute atomic E-state index is 11.9. The van der Waals surface area contributed by atoms with E-state index in [1.807, 2.05) is 44.2 Å². The molecule has 5 nitrogen and oxygen atoms in total. The van der Waals surface area contributed by atoms with E-state index in [9.17, 15) is 4.79 Å². The highest BCUT2D eigenvalue weighted by Gasteiger charge is 2.10. The zero-order chi connectivity index (χ0) is 19.1. The number of nitrogens with one attached hydrogen (secondary N) is 1. The first kappa shape index (κ1) is 19.0. The molecule has 2 aromatic rings. The summed E-state index contributed by atoms with van der Waals surface area (Å²) < 4.78 is 5.57. The highest BCUT2D eigenvalue weighted by molar-refractivity contribution is 5.83. The van der Waals surface area contributed by atoms with Gasteiger partial charge in [-0.3, -0.25) is 4.79 Å². The van der Waals surface area contributed by atoms with Gasteiger partial charge in [-0.05, 0) is 68.0 Å². The predicted molar refractivity (Wildman–Crippen MR) is 110 cm³/mol. The molecule has 2 aromatic carbocycles. The van der Waals surface area contributed by atoms with Gasteiger partial charge in [-0.1, -0.05) is 24.3 Å². The van der Waals surface area contributed by atoms with E-state index in [-0.39, 0.29) is 12.5 Å². The Morgan fingerprint density at radius 1 is 1.11 bits per heavy atom. The Morgan fingerprint density at radius 3 is 2.59 bits per heavy atom.